The third-order valence-electron chi connectivity index (χ3n) is 4.69. The first kappa shape index (κ1) is 10.4. The summed E-state index contributed by atoms with van der Waals surface area (Å²) in [6.07, 6.45) is 1.38. The van der Waals surface area contributed by atoms with Crippen molar-refractivity contribution in [2.24, 2.45) is 23.2 Å². The molecule has 0 aromatic heterocycles. The third kappa shape index (κ3) is 1.59. The first-order valence-corrected chi connectivity index (χ1v) is 6.06. The fourth-order valence-electron chi connectivity index (χ4n) is 3.30. The summed E-state index contributed by atoms with van der Waals surface area (Å²) in [7, 11) is 0. The molecule has 2 heterocycles. The van der Waals surface area contributed by atoms with Gasteiger partial charge < -0.3 is 10.6 Å². The van der Waals surface area contributed by atoms with E-state index < -0.39 is 0 Å². The standard InChI is InChI=1S/C12H24N2/c1-9(2)12(3)8-14-7-10-6-13-5-4-11(10)12/h9-11,13-14H,4-8H2,1-3H3. The van der Waals surface area contributed by atoms with Crippen LogP contribution in [-0.2, 0) is 0 Å². The Kier molecular flexibility index (Phi) is 2.85. The Morgan fingerprint density at radius 2 is 1.93 bits per heavy atom. The fraction of sp³-hybridized carbons (Fsp3) is 1.00. The number of rotatable bonds is 1. The molecule has 2 aliphatic heterocycles. The van der Waals surface area contributed by atoms with E-state index in [9.17, 15) is 0 Å². The van der Waals surface area contributed by atoms with Crippen LogP contribution in [0.4, 0.5) is 0 Å². The number of fused-ring (bicyclic) bond motifs is 1. The zero-order valence-corrected chi connectivity index (χ0v) is 9.77. The van der Waals surface area contributed by atoms with Crippen LogP contribution in [0, 0.1) is 23.2 Å². The first-order chi connectivity index (χ1) is 6.64. The molecule has 0 radical (unpaired) electrons. The molecule has 3 atom stereocenters. The van der Waals surface area contributed by atoms with Crippen molar-refractivity contribution in [2.75, 3.05) is 26.2 Å². The van der Waals surface area contributed by atoms with Crippen LogP contribution < -0.4 is 10.6 Å². The van der Waals surface area contributed by atoms with E-state index in [1.807, 2.05) is 0 Å². The number of piperidine rings is 2. The molecule has 0 aliphatic carbocycles. The minimum absolute atomic E-state index is 0.519. The van der Waals surface area contributed by atoms with Gasteiger partial charge in [-0.2, -0.15) is 0 Å². The van der Waals surface area contributed by atoms with Gasteiger partial charge in [-0.1, -0.05) is 20.8 Å². The number of hydrogen-bond donors (Lipinski definition) is 2. The maximum Gasteiger partial charge on any atom is 0.00105 e. The van der Waals surface area contributed by atoms with Crippen LogP contribution in [0.15, 0.2) is 0 Å². The van der Waals surface area contributed by atoms with Gasteiger partial charge in [-0.25, -0.2) is 0 Å². The highest BCUT2D eigenvalue weighted by atomic mass is 15.0. The van der Waals surface area contributed by atoms with E-state index in [0.717, 1.165) is 17.8 Å². The summed E-state index contributed by atoms with van der Waals surface area (Å²) in [6.45, 7) is 12.1. The lowest BCUT2D eigenvalue weighted by Crippen LogP contribution is -2.57. The van der Waals surface area contributed by atoms with Gasteiger partial charge in [0.15, 0.2) is 0 Å². The van der Waals surface area contributed by atoms with Crippen molar-refractivity contribution in [3.63, 3.8) is 0 Å². The topological polar surface area (TPSA) is 24.1 Å². The highest BCUT2D eigenvalue weighted by Crippen LogP contribution is 2.44. The van der Waals surface area contributed by atoms with Crippen molar-refractivity contribution in [1.29, 1.82) is 0 Å². The van der Waals surface area contributed by atoms with E-state index >= 15 is 0 Å². The Labute approximate surface area is 87.8 Å². The van der Waals surface area contributed by atoms with E-state index in [4.69, 9.17) is 0 Å². The molecule has 0 amide bonds. The minimum atomic E-state index is 0.519. The fourth-order valence-corrected chi connectivity index (χ4v) is 3.30. The van der Waals surface area contributed by atoms with Gasteiger partial charge in [0.1, 0.15) is 0 Å². The lowest BCUT2D eigenvalue weighted by molar-refractivity contribution is 0.0119. The van der Waals surface area contributed by atoms with Gasteiger partial charge in [0, 0.05) is 6.54 Å². The van der Waals surface area contributed by atoms with Crippen LogP contribution in [-0.4, -0.2) is 26.2 Å². The Morgan fingerprint density at radius 3 is 2.64 bits per heavy atom. The summed E-state index contributed by atoms with van der Waals surface area (Å²) >= 11 is 0. The molecule has 0 aromatic carbocycles. The molecular formula is C12H24N2. The summed E-state index contributed by atoms with van der Waals surface area (Å²) in [5.74, 6) is 2.59. The third-order valence-corrected chi connectivity index (χ3v) is 4.69. The van der Waals surface area contributed by atoms with Crippen molar-refractivity contribution >= 4 is 0 Å². The zero-order valence-electron chi connectivity index (χ0n) is 9.77. The SMILES string of the molecule is CC(C)C1(C)CNCC2CNCCC21. The minimum Gasteiger partial charge on any atom is -0.316 e. The highest BCUT2D eigenvalue weighted by Gasteiger charge is 2.44. The van der Waals surface area contributed by atoms with Gasteiger partial charge in [0.2, 0.25) is 0 Å². The van der Waals surface area contributed by atoms with Gasteiger partial charge in [0.25, 0.3) is 0 Å². The maximum atomic E-state index is 3.62. The van der Waals surface area contributed by atoms with Crippen molar-refractivity contribution in [1.82, 2.24) is 10.6 Å². The van der Waals surface area contributed by atoms with Gasteiger partial charge in [-0.3, -0.25) is 0 Å². The molecule has 0 saturated carbocycles. The highest BCUT2D eigenvalue weighted by molar-refractivity contribution is 4.97. The van der Waals surface area contributed by atoms with Crippen LogP contribution in [0.2, 0.25) is 0 Å². The van der Waals surface area contributed by atoms with Crippen LogP contribution in [0.1, 0.15) is 27.2 Å². The Hall–Kier alpha value is -0.0800. The molecule has 82 valence electrons. The molecule has 2 heteroatoms. The predicted molar refractivity (Wildman–Crippen MR) is 60.3 cm³/mol. The normalized spacial score (nSPS) is 43.7. The average molecular weight is 196 g/mol. The van der Waals surface area contributed by atoms with E-state index in [2.05, 4.69) is 31.4 Å². The summed E-state index contributed by atoms with van der Waals surface area (Å²) in [4.78, 5) is 0. The lowest BCUT2D eigenvalue weighted by atomic mass is 9.60. The van der Waals surface area contributed by atoms with Crippen molar-refractivity contribution in [3.8, 4) is 0 Å². The van der Waals surface area contributed by atoms with Crippen LogP contribution in [0.25, 0.3) is 0 Å². The first-order valence-electron chi connectivity index (χ1n) is 6.06. The average Bonchev–Trinajstić information content (AvgIpc) is 2.18. The molecule has 2 saturated heterocycles. The summed E-state index contributed by atoms with van der Waals surface area (Å²) in [5, 5.41) is 7.14. The Bertz CT molecular complexity index is 200. The smallest absolute Gasteiger partial charge is 0.00105 e. The monoisotopic (exact) mass is 196 g/mol. The lowest BCUT2D eigenvalue weighted by Gasteiger charge is -2.51. The van der Waals surface area contributed by atoms with Gasteiger partial charge >= 0.3 is 0 Å². The van der Waals surface area contributed by atoms with Gasteiger partial charge in [0.05, 0.1) is 0 Å². The van der Waals surface area contributed by atoms with Gasteiger partial charge in [-0.05, 0) is 49.2 Å². The molecule has 3 unspecified atom stereocenters. The van der Waals surface area contributed by atoms with Crippen molar-refractivity contribution < 1.29 is 0 Å². The molecule has 0 aromatic rings. The quantitative estimate of drug-likeness (QED) is 0.664. The van der Waals surface area contributed by atoms with E-state index in [1.165, 1.54) is 32.6 Å². The van der Waals surface area contributed by atoms with E-state index in [0.29, 0.717) is 5.41 Å². The Balaban J connectivity index is 2.15. The molecular weight excluding hydrogens is 172 g/mol. The van der Waals surface area contributed by atoms with Crippen LogP contribution in [0.3, 0.4) is 0 Å². The molecule has 2 rings (SSSR count). The second-order valence-corrected chi connectivity index (χ2v) is 5.65. The van der Waals surface area contributed by atoms with Crippen molar-refractivity contribution in [2.45, 2.75) is 27.2 Å². The molecule has 2 nitrogen and oxygen atoms in total. The van der Waals surface area contributed by atoms with Crippen LogP contribution >= 0.6 is 0 Å². The molecule has 14 heavy (non-hydrogen) atoms. The molecule has 2 aliphatic rings. The predicted octanol–water partition coefficient (Wildman–Crippen LogP) is 1.48. The summed E-state index contributed by atoms with van der Waals surface area (Å²) in [5.41, 5.74) is 0.519. The molecule has 2 fully saturated rings. The Morgan fingerprint density at radius 1 is 1.21 bits per heavy atom. The van der Waals surface area contributed by atoms with Crippen molar-refractivity contribution in [3.05, 3.63) is 0 Å². The summed E-state index contributed by atoms with van der Waals surface area (Å²) < 4.78 is 0. The number of nitrogens with one attached hydrogen (secondary N) is 2. The number of hydrogen-bond acceptors (Lipinski definition) is 2. The second-order valence-electron chi connectivity index (χ2n) is 5.65. The molecule has 2 N–H and O–H groups in total. The van der Waals surface area contributed by atoms with E-state index in [-0.39, 0.29) is 0 Å². The zero-order chi connectivity index (χ0) is 10.2. The summed E-state index contributed by atoms with van der Waals surface area (Å²) in [6, 6.07) is 0. The molecule has 0 bridgehead atoms. The van der Waals surface area contributed by atoms with Gasteiger partial charge in [-0.15, -0.1) is 0 Å². The van der Waals surface area contributed by atoms with Crippen LogP contribution in [0.5, 0.6) is 0 Å². The second kappa shape index (κ2) is 3.82. The van der Waals surface area contributed by atoms with E-state index in [1.54, 1.807) is 0 Å². The molecule has 0 spiro atoms. The largest absolute Gasteiger partial charge is 0.316 e. The maximum absolute atomic E-state index is 3.62.